The van der Waals surface area contributed by atoms with E-state index in [1.165, 1.54) is 5.71 Å². The van der Waals surface area contributed by atoms with Gasteiger partial charge in [0.1, 0.15) is 6.61 Å². The molecule has 0 aromatic heterocycles. The van der Waals surface area contributed by atoms with Gasteiger partial charge in [0.25, 0.3) is 0 Å². The predicted octanol–water partition coefficient (Wildman–Crippen LogP) is 1.84. The third-order valence-electron chi connectivity index (χ3n) is 1.62. The zero-order valence-corrected chi connectivity index (χ0v) is 7.29. The Morgan fingerprint density at radius 3 is 2.82 bits per heavy atom. The van der Waals surface area contributed by atoms with Gasteiger partial charge in [0.15, 0.2) is 5.84 Å². The fraction of sp³-hybridized carbons (Fsp3) is 0.750. The second kappa shape index (κ2) is 3.51. The lowest BCUT2D eigenvalue weighted by Crippen LogP contribution is -2.09. The van der Waals surface area contributed by atoms with Crippen LogP contribution in [0.25, 0.3) is 0 Å². The van der Waals surface area contributed by atoms with Gasteiger partial charge in [-0.25, -0.2) is 4.99 Å². The van der Waals surface area contributed by atoms with Crippen molar-refractivity contribution in [3.63, 3.8) is 0 Å². The van der Waals surface area contributed by atoms with E-state index in [4.69, 9.17) is 4.84 Å². The molecule has 3 nitrogen and oxygen atoms in total. The molecule has 0 aromatic carbocycles. The summed E-state index contributed by atoms with van der Waals surface area (Å²) in [5, 5.41) is 3.79. The summed E-state index contributed by atoms with van der Waals surface area (Å²) in [5.74, 6) is 1.23. The van der Waals surface area contributed by atoms with E-state index >= 15 is 0 Å². The van der Waals surface area contributed by atoms with Crippen LogP contribution in [0.4, 0.5) is 0 Å². The molecule has 0 aromatic rings. The maximum Gasteiger partial charge on any atom is 0.164 e. The lowest BCUT2D eigenvalue weighted by atomic mass is 10.1. The average Bonchev–Trinajstić information content (AvgIpc) is 2.13. The maximum atomic E-state index is 4.96. The van der Waals surface area contributed by atoms with Gasteiger partial charge in [0, 0.05) is 12.1 Å². The van der Waals surface area contributed by atoms with Crippen LogP contribution in [0.15, 0.2) is 10.1 Å². The summed E-state index contributed by atoms with van der Waals surface area (Å²) in [6.45, 7) is 6.79. The van der Waals surface area contributed by atoms with E-state index in [2.05, 4.69) is 24.0 Å². The molecule has 62 valence electrons. The largest absolute Gasteiger partial charge is 0.394 e. The minimum atomic E-state index is 0.502. The van der Waals surface area contributed by atoms with Crippen molar-refractivity contribution in [1.29, 1.82) is 0 Å². The van der Waals surface area contributed by atoms with E-state index in [1.807, 2.05) is 6.92 Å². The molecule has 0 amide bonds. The lowest BCUT2D eigenvalue weighted by Gasteiger charge is -2.05. The van der Waals surface area contributed by atoms with Crippen molar-refractivity contribution in [3.8, 4) is 0 Å². The first kappa shape index (κ1) is 8.24. The van der Waals surface area contributed by atoms with Crippen LogP contribution in [-0.2, 0) is 4.84 Å². The Balaban J connectivity index is 2.71. The number of amidine groups is 1. The first-order chi connectivity index (χ1) is 5.20. The normalized spacial score (nSPS) is 18.5. The molecule has 0 radical (unpaired) electrons. The van der Waals surface area contributed by atoms with Crippen LogP contribution in [-0.4, -0.2) is 18.2 Å². The summed E-state index contributed by atoms with van der Waals surface area (Å²) in [6, 6.07) is 0. The van der Waals surface area contributed by atoms with Crippen molar-refractivity contribution in [3.05, 3.63) is 0 Å². The Kier molecular flexibility index (Phi) is 2.63. The number of nitrogens with zero attached hydrogens (tertiary/aromatic N) is 2. The fourth-order valence-electron chi connectivity index (χ4n) is 0.991. The average molecular weight is 154 g/mol. The summed E-state index contributed by atoms with van der Waals surface area (Å²) >= 11 is 0. The van der Waals surface area contributed by atoms with E-state index in [9.17, 15) is 0 Å². The number of hydrogen-bond donors (Lipinski definition) is 0. The van der Waals surface area contributed by atoms with Crippen LogP contribution in [0.5, 0.6) is 0 Å². The number of rotatable bonds is 1. The van der Waals surface area contributed by atoms with Gasteiger partial charge in [-0.1, -0.05) is 19.0 Å². The molecule has 0 unspecified atom stereocenters. The summed E-state index contributed by atoms with van der Waals surface area (Å²) in [6.07, 6.45) is 0.901. The third kappa shape index (κ3) is 2.33. The van der Waals surface area contributed by atoms with E-state index in [-0.39, 0.29) is 0 Å². The Morgan fingerprint density at radius 1 is 1.45 bits per heavy atom. The minimum absolute atomic E-state index is 0.502. The molecule has 0 aliphatic carbocycles. The van der Waals surface area contributed by atoms with Gasteiger partial charge in [-0.15, -0.1) is 0 Å². The van der Waals surface area contributed by atoms with Crippen molar-refractivity contribution < 1.29 is 4.84 Å². The van der Waals surface area contributed by atoms with Gasteiger partial charge in [0.2, 0.25) is 0 Å². The first-order valence-corrected chi connectivity index (χ1v) is 3.94. The number of oxime groups is 1. The second-order valence-corrected chi connectivity index (χ2v) is 2.98. The highest BCUT2D eigenvalue weighted by Gasteiger charge is 2.08. The Morgan fingerprint density at radius 2 is 2.18 bits per heavy atom. The zero-order chi connectivity index (χ0) is 8.27. The van der Waals surface area contributed by atoms with Crippen molar-refractivity contribution in [1.82, 2.24) is 0 Å². The molecule has 1 aliphatic rings. The van der Waals surface area contributed by atoms with Gasteiger partial charge in [0.05, 0.1) is 0 Å². The molecular formula is C8H14N2O. The van der Waals surface area contributed by atoms with Gasteiger partial charge < -0.3 is 4.84 Å². The van der Waals surface area contributed by atoms with Gasteiger partial charge >= 0.3 is 0 Å². The standard InChI is InChI=1S/C8H14N2O/c1-6(2)8-4-5-11-10-7(3)9-8/h6H,4-5H2,1-3H3. The predicted molar refractivity (Wildman–Crippen MR) is 46.0 cm³/mol. The Hall–Kier alpha value is -0.860. The molecule has 0 bridgehead atoms. The third-order valence-corrected chi connectivity index (χ3v) is 1.62. The molecular weight excluding hydrogens is 140 g/mol. The van der Waals surface area contributed by atoms with Gasteiger partial charge in [-0.2, -0.15) is 0 Å². The molecule has 11 heavy (non-hydrogen) atoms. The van der Waals surface area contributed by atoms with Gasteiger partial charge in [-0.05, 0) is 12.8 Å². The topological polar surface area (TPSA) is 34.0 Å². The highest BCUT2D eigenvalue weighted by Crippen LogP contribution is 2.06. The van der Waals surface area contributed by atoms with Crippen molar-refractivity contribution >= 4 is 11.5 Å². The molecule has 0 atom stereocenters. The fourth-order valence-corrected chi connectivity index (χ4v) is 0.991. The molecule has 0 spiro atoms. The molecule has 1 aliphatic heterocycles. The monoisotopic (exact) mass is 154 g/mol. The smallest absolute Gasteiger partial charge is 0.164 e. The van der Waals surface area contributed by atoms with E-state index in [1.54, 1.807) is 0 Å². The van der Waals surface area contributed by atoms with Crippen molar-refractivity contribution in [2.75, 3.05) is 6.61 Å². The zero-order valence-electron chi connectivity index (χ0n) is 7.29. The quantitative estimate of drug-likeness (QED) is 0.567. The summed E-state index contributed by atoms with van der Waals surface area (Å²) in [4.78, 5) is 9.28. The Bertz CT molecular complexity index is 194. The molecule has 0 N–H and O–H groups in total. The number of aliphatic imine (C=N–C) groups is 1. The highest BCUT2D eigenvalue weighted by molar-refractivity contribution is 5.98. The molecule has 0 fully saturated rings. The molecule has 3 heteroatoms. The van der Waals surface area contributed by atoms with Crippen molar-refractivity contribution in [2.24, 2.45) is 16.1 Å². The van der Waals surface area contributed by atoms with Crippen LogP contribution in [0.1, 0.15) is 27.2 Å². The van der Waals surface area contributed by atoms with E-state index < -0.39 is 0 Å². The lowest BCUT2D eigenvalue weighted by molar-refractivity contribution is 0.152. The highest BCUT2D eigenvalue weighted by atomic mass is 16.6. The molecule has 0 saturated carbocycles. The summed E-state index contributed by atoms with van der Waals surface area (Å²) in [7, 11) is 0. The summed E-state index contributed by atoms with van der Waals surface area (Å²) < 4.78 is 0. The Labute approximate surface area is 67.1 Å². The van der Waals surface area contributed by atoms with Gasteiger partial charge in [-0.3, -0.25) is 0 Å². The minimum Gasteiger partial charge on any atom is -0.394 e. The van der Waals surface area contributed by atoms with E-state index in [0.717, 1.165) is 12.3 Å². The first-order valence-electron chi connectivity index (χ1n) is 3.94. The van der Waals surface area contributed by atoms with Crippen LogP contribution in [0, 0.1) is 5.92 Å². The van der Waals surface area contributed by atoms with Crippen molar-refractivity contribution in [2.45, 2.75) is 27.2 Å². The van der Waals surface area contributed by atoms with Crippen LogP contribution >= 0.6 is 0 Å². The molecule has 1 heterocycles. The summed E-state index contributed by atoms with van der Waals surface area (Å²) in [5.41, 5.74) is 1.18. The molecule has 0 saturated heterocycles. The number of hydrogen-bond acceptors (Lipinski definition) is 3. The van der Waals surface area contributed by atoms with Crippen LogP contribution in [0.2, 0.25) is 0 Å². The van der Waals surface area contributed by atoms with Crippen LogP contribution in [0.3, 0.4) is 0 Å². The second-order valence-electron chi connectivity index (χ2n) is 2.98. The van der Waals surface area contributed by atoms with Crippen LogP contribution < -0.4 is 0 Å². The SMILES string of the molecule is CC1=NOCCC(C(C)C)=N1. The maximum absolute atomic E-state index is 4.96. The molecule has 1 rings (SSSR count). The van der Waals surface area contributed by atoms with E-state index in [0.29, 0.717) is 12.5 Å².